The predicted molar refractivity (Wildman–Crippen MR) is 173 cm³/mol. The molecule has 0 aliphatic carbocycles. The lowest BCUT2D eigenvalue weighted by atomic mass is 9.87. The Kier molecular flexibility index (Phi) is 9.55. The van der Waals surface area contributed by atoms with E-state index < -0.39 is 79.7 Å². The molecule has 0 unspecified atom stereocenters. The minimum absolute atomic E-state index is 0.236. The first-order valence-corrected chi connectivity index (χ1v) is 18.6. The number of ether oxygens (including phenoxy) is 2. The molecule has 0 bridgehead atoms. The van der Waals surface area contributed by atoms with Gasteiger partial charge in [0.25, 0.3) is 15.9 Å². The van der Waals surface area contributed by atoms with Crippen LogP contribution in [0.15, 0.2) is 77.7 Å². The van der Waals surface area contributed by atoms with Gasteiger partial charge in [-0.3, -0.25) is 4.79 Å². The van der Waals surface area contributed by atoms with Gasteiger partial charge in [0.2, 0.25) is 0 Å². The summed E-state index contributed by atoms with van der Waals surface area (Å²) in [6.45, 7) is 6.21. The monoisotopic (exact) mass is 686 g/mol. The third-order valence-electron chi connectivity index (χ3n) is 8.38. The second-order valence-corrected chi connectivity index (χ2v) is 17.1. The average molecular weight is 687 g/mol. The smallest absolute Gasteiger partial charge is 0.424 e. The van der Waals surface area contributed by atoms with Crippen molar-refractivity contribution in [2.45, 2.75) is 74.5 Å². The SMILES string of the molecule is Cc1ccc(S(=O)(=O)N(C(=O)OC(C)(C)C)[C@H]2C[C@H](C(=O)N3CCc4ccccc4[C@@H]3c3ccc(F)cc3)OC[C@@H]2S(C)(=O)=O)cc1. The maximum atomic E-state index is 14.4. The zero-order valence-corrected chi connectivity index (χ0v) is 28.6. The van der Waals surface area contributed by atoms with Gasteiger partial charge in [0.15, 0.2) is 9.84 Å². The van der Waals surface area contributed by atoms with Crippen LogP contribution < -0.4 is 0 Å². The Morgan fingerprint density at radius 1 is 0.957 bits per heavy atom. The summed E-state index contributed by atoms with van der Waals surface area (Å²) in [5, 5.41) is -1.48. The van der Waals surface area contributed by atoms with Crippen LogP contribution in [0.2, 0.25) is 0 Å². The number of amides is 2. The molecule has 2 amide bonds. The largest absolute Gasteiger partial charge is 0.443 e. The van der Waals surface area contributed by atoms with E-state index in [9.17, 15) is 30.8 Å². The molecule has 2 aliphatic rings. The van der Waals surface area contributed by atoms with Crippen molar-refractivity contribution in [3.05, 3.63) is 101 Å². The maximum absolute atomic E-state index is 14.4. The molecule has 47 heavy (non-hydrogen) atoms. The van der Waals surface area contributed by atoms with Gasteiger partial charge in [0.1, 0.15) is 22.8 Å². The second-order valence-electron chi connectivity index (χ2n) is 13.0. The number of nitrogens with zero attached hydrogens (tertiary/aromatic N) is 2. The first-order chi connectivity index (χ1) is 22.0. The highest BCUT2D eigenvalue weighted by atomic mass is 32.2. The molecular weight excluding hydrogens is 648 g/mol. The third-order valence-corrected chi connectivity index (χ3v) is 11.7. The van der Waals surface area contributed by atoms with Crippen LogP contribution in [-0.2, 0) is 40.5 Å². The van der Waals surface area contributed by atoms with Crippen molar-refractivity contribution in [3.63, 3.8) is 0 Å². The van der Waals surface area contributed by atoms with Gasteiger partial charge in [-0.1, -0.05) is 54.1 Å². The summed E-state index contributed by atoms with van der Waals surface area (Å²) in [6, 6.07) is 17.1. The van der Waals surface area contributed by atoms with E-state index in [1.165, 1.54) is 24.3 Å². The number of aryl methyl sites for hydroxylation is 1. The van der Waals surface area contributed by atoms with E-state index >= 15 is 0 Å². The van der Waals surface area contributed by atoms with Crippen molar-refractivity contribution in [1.82, 2.24) is 9.21 Å². The van der Waals surface area contributed by atoms with Crippen molar-refractivity contribution >= 4 is 31.9 Å². The summed E-state index contributed by atoms with van der Waals surface area (Å²) < 4.78 is 80.4. The number of sulfonamides is 1. The molecule has 252 valence electrons. The van der Waals surface area contributed by atoms with Crippen molar-refractivity contribution in [2.75, 3.05) is 19.4 Å². The van der Waals surface area contributed by atoms with Crippen LogP contribution in [-0.4, -0.2) is 80.4 Å². The van der Waals surface area contributed by atoms with Crippen LogP contribution in [0, 0.1) is 12.7 Å². The van der Waals surface area contributed by atoms with E-state index in [-0.39, 0.29) is 11.4 Å². The standard InChI is InChI=1S/C34H39FN2O8S2/c1-22-10-16-26(17-11-22)47(42,43)37(33(39)45-34(2,3)4)28-20-29(44-21-30(28)46(5,40)41)32(38)36-19-18-23-8-6-7-9-27(23)31(36)24-12-14-25(35)15-13-24/h6-17,28-31H,18-21H2,1-5H3/t28-,29+,30-,31-/m0/s1. The highest BCUT2D eigenvalue weighted by molar-refractivity contribution is 7.91. The lowest BCUT2D eigenvalue weighted by molar-refractivity contribution is -0.150. The average Bonchev–Trinajstić information content (AvgIpc) is 2.99. The van der Waals surface area contributed by atoms with Gasteiger partial charge < -0.3 is 14.4 Å². The van der Waals surface area contributed by atoms with Crippen molar-refractivity contribution in [2.24, 2.45) is 0 Å². The van der Waals surface area contributed by atoms with Crippen LogP contribution in [0.4, 0.5) is 9.18 Å². The van der Waals surface area contributed by atoms with E-state index in [0.717, 1.165) is 22.9 Å². The molecule has 2 heterocycles. The van der Waals surface area contributed by atoms with Crippen molar-refractivity contribution in [1.29, 1.82) is 0 Å². The third kappa shape index (κ3) is 7.37. The summed E-state index contributed by atoms with van der Waals surface area (Å²) in [7, 11) is -8.69. The summed E-state index contributed by atoms with van der Waals surface area (Å²) in [5.74, 6) is -0.944. The zero-order chi connectivity index (χ0) is 34.3. The highest BCUT2D eigenvalue weighted by Crippen LogP contribution is 2.38. The molecule has 0 spiro atoms. The summed E-state index contributed by atoms with van der Waals surface area (Å²) in [6.07, 6.45) is -1.54. The Labute approximate surface area is 275 Å². The summed E-state index contributed by atoms with van der Waals surface area (Å²) in [5.41, 5.74) is 2.17. The lowest BCUT2D eigenvalue weighted by Crippen LogP contribution is -2.60. The van der Waals surface area contributed by atoms with E-state index in [1.54, 1.807) is 56.9 Å². The molecule has 2 aliphatic heterocycles. The van der Waals surface area contributed by atoms with Gasteiger partial charge in [-0.05, 0) is 75.1 Å². The van der Waals surface area contributed by atoms with Gasteiger partial charge in [-0.2, -0.15) is 4.31 Å². The first-order valence-electron chi connectivity index (χ1n) is 15.3. The predicted octanol–water partition coefficient (Wildman–Crippen LogP) is 4.80. The number of hydrogen-bond acceptors (Lipinski definition) is 8. The van der Waals surface area contributed by atoms with E-state index in [1.807, 2.05) is 24.3 Å². The first kappa shape index (κ1) is 34.5. The normalized spacial score (nSPS) is 21.9. The Bertz CT molecular complexity index is 1860. The van der Waals surface area contributed by atoms with Crippen LogP contribution in [0.5, 0.6) is 0 Å². The molecule has 0 saturated carbocycles. The van der Waals surface area contributed by atoms with Crippen LogP contribution in [0.3, 0.4) is 0 Å². The Hall–Kier alpha value is -3.81. The van der Waals surface area contributed by atoms with E-state index in [0.29, 0.717) is 16.3 Å². The number of halogens is 1. The Balaban J connectivity index is 1.57. The van der Waals surface area contributed by atoms with Gasteiger partial charge in [0, 0.05) is 19.2 Å². The molecule has 13 heteroatoms. The fraction of sp³-hybridized carbons (Fsp3) is 0.412. The van der Waals surface area contributed by atoms with E-state index in [2.05, 4.69) is 0 Å². The van der Waals surface area contributed by atoms with Gasteiger partial charge >= 0.3 is 6.09 Å². The molecule has 0 radical (unpaired) electrons. The quantitative estimate of drug-likeness (QED) is 0.362. The molecule has 5 rings (SSSR count). The number of hydrogen-bond donors (Lipinski definition) is 0. The second kappa shape index (κ2) is 13.0. The Morgan fingerprint density at radius 2 is 1.60 bits per heavy atom. The van der Waals surface area contributed by atoms with Crippen LogP contribution in [0.1, 0.15) is 55.5 Å². The van der Waals surface area contributed by atoms with Crippen LogP contribution >= 0.6 is 0 Å². The number of sulfone groups is 1. The molecule has 0 N–H and O–H groups in total. The minimum atomic E-state index is -4.68. The molecule has 0 aromatic heterocycles. The fourth-order valence-electron chi connectivity index (χ4n) is 6.12. The number of fused-ring (bicyclic) bond motifs is 1. The zero-order valence-electron chi connectivity index (χ0n) is 26.9. The van der Waals surface area contributed by atoms with Crippen molar-refractivity contribution < 1.29 is 40.3 Å². The van der Waals surface area contributed by atoms with E-state index in [4.69, 9.17) is 9.47 Å². The summed E-state index contributed by atoms with van der Waals surface area (Å²) >= 11 is 0. The van der Waals surface area contributed by atoms with Crippen molar-refractivity contribution in [3.8, 4) is 0 Å². The van der Waals surface area contributed by atoms with Crippen LogP contribution in [0.25, 0.3) is 0 Å². The molecule has 3 aromatic rings. The number of benzene rings is 3. The highest BCUT2D eigenvalue weighted by Gasteiger charge is 2.51. The van der Waals surface area contributed by atoms with Gasteiger partial charge in [0.05, 0.1) is 23.6 Å². The maximum Gasteiger partial charge on any atom is 0.424 e. The Morgan fingerprint density at radius 3 is 2.21 bits per heavy atom. The number of carbonyl (C=O) groups is 2. The molecule has 3 aromatic carbocycles. The molecule has 1 saturated heterocycles. The van der Waals surface area contributed by atoms with Gasteiger partial charge in [-0.25, -0.2) is 26.0 Å². The molecular formula is C34H39FN2O8S2. The molecule has 1 fully saturated rings. The number of carbonyl (C=O) groups excluding carboxylic acids is 2. The molecule has 4 atom stereocenters. The van der Waals surface area contributed by atoms with Gasteiger partial charge in [-0.15, -0.1) is 0 Å². The number of rotatable bonds is 6. The molecule has 10 nitrogen and oxygen atoms in total. The topological polar surface area (TPSA) is 127 Å². The fourth-order valence-corrected chi connectivity index (χ4v) is 8.86. The minimum Gasteiger partial charge on any atom is -0.443 e. The summed E-state index contributed by atoms with van der Waals surface area (Å²) in [4.78, 5) is 29.5. The lowest BCUT2D eigenvalue weighted by Gasteiger charge is -2.43.